The molecule has 1 aliphatic rings. The highest BCUT2D eigenvalue weighted by Gasteiger charge is 2.21. The Balaban J connectivity index is 1.96. The number of nitrogens with one attached hydrogen (secondary N) is 2. The normalized spacial score (nSPS) is 16.3. The standard InChI is InChI=1S/C18H27N3O3/c1-12(22)20-16-9-8-14(11-17(16)24-2)21-18(23)15(19)10-13-6-4-3-5-7-13/h8-9,11,13,15H,3-7,10,19H2,1-2H3,(H,20,22)(H,21,23). The van der Waals surface area contributed by atoms with Gasteiger partial charge in [-0.25, -0.2) is 0 Å². The van der Waals surface area contributed by atoms with Gasteiger partial charge in [-0.2, -0.15) is 0 Å². The highest BCUT2D eigenvalue weighted by Crippen LogP contribution is 2.29. The summed E-state index contributed by atoms with van der Waals surface area (Å²) in [5.74, 6) is 0.675. The van der Waals surface area contributed by atoms with Crippen LogP contribution >= 0.6 is 0 Å². The monoisotopic (exact) mass is 333 g/mol. The molecule has 0 saturated heterocycles. The summed E-state index contributed by atoms with van der Waals surface area (Å²) >= 11 is 0. The molecule has 1 fully saturated rings. The Bertz CT molecular complexity index is 583. The molecule has 1 saturated carbocycles. The maximum absolute atomic E-state index is 12.3. The first-order chi connectivity index (χ1) is 11.5. The summed E-state index contributed by atoms with van der Waals surface area (Å²) in [6.45, 7) is 1.43. The van der Waals surface area contributed by atoms with Gasteiger partial charge in [0.1, 0.15) is 5.75 Å². The Kier molecular flexibility index (Phi) is 6.61. The van der Waals surface area contributed by atoms with Gasteiger partial charge in [0.15, 0.2) is 0 Å². The van der Waals surface area contributed by atoms with E-state index in [2.05, 4.69) is 10.6 Å². The first-order valence-corrected chi connectivity index (χ1v) is 8.51. The molecule has 2 rings (SSSR count). The minimum atomic E-state index is -0.505. The van der Waals surface area contributed by atoms with Gasteiger partial charge in [0.05, 0.1) is 18.8 Å². The van der Waals surface area contributed by atoms with Crippen LogP contribution in [-0.4, -0.2) is 25.0 Å². The predicted molar refractivity (Wildman–Crippen MR) is 95.1 cm³/mol. The number of rotatable bonds is 6. The smallest absolute Gasteiger partial charge is 0.241 e. The fourth-order valence-corrected chi connectivity index (χ4v) is 3.19. The molecule has 4 N–H and O–H groups in total. The first-order valence-electron chi connectivity index (χ1n) is 8.51. The Morgan fingerprint density at radius 1 is 1.25 bits per heavy atom. The maximum atomic E-state index is 12.3. The van der Waals surface area contributed by atoms with Gasteiger partial charge in [-0.05, 0) is 24.5 Å². The third-order valence-corrected chi connectivity index (χ3v) is 4.43. The van der Waals surface area contributed by atoms with Gasteiger partial charge in [-0.15, -0.1) is 0 Å². The molecular formula is C18H27N3O3. The second kappa shape index (κ2) is 8.68. The molecule has 1 unspecified atom stereocenters. The number of carbonyl (C=O) groups is 2. The van der Waals surface area contributed by atoms with Crippen molar-refractivity contribution in [2.45, 2.75) is 51.5 Å². The Hall–Kier alpha value is -2.08. The number of benzene rings is 1. The van der Waals surface area contributed by atoms with Crippen LogP contribution in [0.3, 0.4) is 0 Å². The van der Waals surface area contributed by atoms with Crippen molar-refractivity contribution in [3.05, 3.63) is 18.2 Å². The Labute approximate surface area is 143 Å². The first kappa shape index (κ1) is 18.3. The lowest BCUT2D eigenvalue weighted by molar-refractivity contribution is -0.118. The number of amides is 2. The van der Waals surface area contributed by atoms with Gasteiger partial charge in [0.25, 0.3) is 0 Å². The van der Waals surface area contributed by atoms with Gasteiger partial charge >= 0.3 is 0 Å². The van der Waals surface area contributed by atoms with Crippen LogP contribution in [0.5, 0.6) is 5.75 Å². The van der Waals surface area contributed by atoms with Crippen LogP contribution in [0.25, 0.3) is 0 Å². The van der Waals surface area contributed by atoms with Crippen molar-refractivity contribution in [1.82, 2.24) is 0 Å². The average molecular weight is 333 g/mol. The molecule has 24 heavy (non-hydrogen) atoms. The van der Waals surface area contributed by atoms with E-state index in [9.17, 15) is 9.59 Å². The maximum Gasteiger partial charge on any atom is 0.241 e. The Morgan fingerprint density at radius 3 is 2.58 bits per heavy atom. The molecule has 1 aromatic rings. The van der Waals surface area contributed by atoms with E-state index >= 15 is 0 Å². The SMILES string of the molecule is COc1cc(NC(=O)C(N)CC2CCCCC2)ccc1NC(C)=O. The summed E-state index contributed by atoms with van der Waals surface area (Å²) in [5.41, 5.74) is 7.23. The molecule has 0 bridgehead atoms. The zero-order valence-electron chi connectivity index (χ0n) is 14.4. The predicted octanol–water partition coefficient (Wildman–Crippen LogP) is 2.89. The van der Waals surface area contributed by atoms with Crippen molar-refractivity contribution in [2.75, 3.05) is 17.7 Å². The molecule has 1 aliphatic carbocycles. The van der Waals surface area contributed by atoms with E-state index in [1.807, 2.05) is 0 Å². The quantitative estimate of drug-likeness (QED) is 0.746. The molecule has 6 nitrogen and oxygen atoms in total. The zero-order valence-corrected chi connectivity index (χ0v) is 14.4. The van der Waals surface area contributed by atoms with Crippen LogP contribution in [0.15, 0.2) is 18.2 Å². The largest absolute Gasteiger partial charge is 0.494 e. The molecule has 2 amide bonds. The molecule has 132 valence electrons. The molecule has 0 radical (unpaired) electrons. The lowest BCUT2D eigenvalue weighted by Crippen LogP contribution is -2.37. The fraction of sp³-hybridized carbons (Fsp3) is 0.556. The van der Waals surface area contributed by atoms with Gasteiger partial charge in [0, 0.05) is 18.7 Å². The number of nitrogens with two attached hydrogens (primary N) is 1. The van der Waals surface area contributed by atoms with E-state index in [0.717, 1.165) is 6.42 Å². The van der Waals surface area contributed by atoms with E-state index in [1.165, 1.54) is 46.1 Å². The molecular weight excluding hydrogens is 306 g/mol. The number of methoxy groups -OCH3 is 1. The topological polar surface area (TPSA) is 93.4 Å². The minimum Gasteiger partial charge on any atom is -0.494 e. The van der Waals surface area contributed by atoms with Crippen LogP contribution in [0.2, 0.25) is 0 Å². The van der Waals surface area contributed by atoms with Crippen LogP contribution in [0.4, 0.5) is 11.4 Å². The fourth-order valence-electron chi connectivity index (χ4n) is 3.19. The van der Waals surface area contributed by atoms with Gasteiger partial charge in [-0.1, -0.05) is 32.1 Å². The number of anilines is 2. The summed E-state index contributed by atoms with van der Waals surface area (Å²) in [5, 5.41) is 5.51. The third kappa shape index (κ3) is 5.23. The summed E-state index contributed by atoms with van der Waals surface area (Å²) in [7, 11) is 1.51. The van der Waals surface area contributed by atoms with Crippen molar-refractivity contribution in [1.29, 1.82) is 0 Å². The molecule has 6 heteroatoms. The third-order valence-electron chi connectivity index (χ3n) is 4.43. The molecule has 0 heterocycles. The number of ether oxygens (including phenoxy) is 1. The van der Waals surface area contributed by atoms with E-state index in [0.29, 0.717) is 23.0 Å². The number of carbonyl (C=O) groups excluding carboxylic acids is 2. The lowest BCUT2D eigenvalue weighted by atomic mass is 9.85. The second-order valence-electron chi connectivity index (χ2n) is 6.43. The Morgan fingerprint density at radius 2 is 1.96 bits per heavy atom. The molecule has 0 aromatic heterocycles. The highest BCUT2D eigenvalue weighted by molar-refractivity contribution is 5.96. The van der Waals surface area contributed by atoms with Crippen LogP contribution in [0.1, 0.15) is 45.4 Å². The van der Waals surface area contributed by atoms with Crippen LogP contribution in [0, 0.1) is 5.92 Å². The average Bonchev–Trinajstić information content (AvgIpc) is 2.56. The van der Waals surface area contributed by atoms with E-state index in [4.69, 9.17) is 10.5 Å². The van der Waals surface area contributed by atoms with E-state index in [1.54, 1.807) is 18.2 Å². The summed E-state index contributed by atoms with van der Waals surface area (Å²) in [6.07, 6.45) is 6.83. The lowest BCUT2D eigenvalue weighted by Gasteiger charge is -2.24. The van der Waals surface area contributed by atoms with E-state index in [-0.39, 0.29) is 11.8 Å². The van der Waals surface area contributed by atoms with Gasteiger partial charge < -0.3 is 21.1 Å². The minimum absolute atomic E-state index is 0.181. The van der Waals surface area contributed by atoms with Gasteiger partial charge in [-0.3, -0.25) is 9.59 Å². The molecule has 0 spiro atoms. The summed E-state index contributed by atoms with van der Waals surface area (Å²) in [4.78, 5) is 23.5. The van der Waals surface area contributed by atoms with Crippen molar-refractivity contribution in [3.63, 3.8) is 0 Å². The molecule has 0 aliphatic heterocycles. The highest BCUT2D eigenvalue weighted by atomic mass is 16.5. The zero-order chi connectivity index (χ0) is 17.5. The molecule has 1 atom stereocenters. The second-order valence-corrected chi connectivity index (χ2v) is 6.43. The summed E-state index contributed by atoms with van der Waals surface area (Å²) in [6, 6.07) is 4.59. The van der Waals surface area contributed by atoms with Crippen molar-refractivity contribution in [3.8, 4) is 5.75 Å². The van der Waals surface area contributed by atoms with E-state index < -0.39 is 6.04 Å². The van der Waals surface area contributed by atoms with Crippen LogP contribution < -0.4 is 21.1 Å². The number of hydrogen-bond donors (Lipinski definition) is 3. The van der Waals surface area contributed by atoms with Crippen LogP contribution in [-0.2, 0) is 9.59 Å². The van der Waals surface area contributed by atoms with Gasteiger partial charge in [0.2, 0.25) is 11.8 Å². The molecule has 1 aromatic carbocycles. The number of hydrogen-bond acceptors (Lipinski definition) is 4. The van der Waals surface area contributed by atoms with Crippen molar-refractivity contribution in [2.24, 2.45) is 11.7 Å². The summed E-state index contributed by atoms with van der Waals surface area (Å²) < 4.78 is 5.25. The van der Waals surface area contributed by atoms with Crippen molar-refractivity contribution >= 4 is 23.2 Å². The van der Waals surface area contributed by atoms with Crippen molar-refractivity contribution < 1.29 is 14.3 Å².